The van der Waals surface area contributed by atoms with Crippen LogP contribution in [0.2, 0.25) is 0 Å². The lowest BCUT2D eigenvalue weighted by Crippen LogP contribution is -2.22. The number of nitrogens with one attached hydrogen (secondary N) is 1. The van der Waals surface area contributed by atoms with Gasteiger partial charge in [0.2, 0.25) is 0 Å². The Morgan fingerprint density at radius 1 is 1.18 bits per heavy atom. The molecule has 0 aliphatic carbocycles. The number of hydrogen-bond donors (Lipinski definition) is 1. The van der Waals surface area contributed by atoms with Gasteiger partial charge in [0.1, 0.15) is 5.01 Å². The van der Waals surface area contributed by atoms with Crippen LogP contribution in [0.5, 0.6) is 0 Å². The van der Waals surface area contributed by atoms with Gasteiger partial charge in [0.05, 0.1) is 6.04 Å². The normalized spacial score (nSPS) is 14.5. The summed E-state index contributed by atoms with van der Waals surface area (Å²) in [7, 11) is 0. The van der Waals surface area contributed by atoms with Crippen LogP contribution in [0.3, 0.4) is 0 Å². The zero-order valence-corrected chi connectivity index (χ0v) is 11.3. The third-order valence-corrected chi connectivity index (χ3v) is 3.94. The summed E-state index contributed by atoms with van der Waals surface area (Å²) < 4.78 is 0. The predicted octanol–water partition coefficient (Wildman–Crippen LogP) is 3.86. The second-order valence-electron chi connectivity index (χ2n) is 4.34. The van der Waals surface area contributed by atoms with E-state index in [1.54, 1.807) is 11.3 Å². The average Bonchev–Trinajstić information content (AvgIpc) is 2.82. The van der Waals surface area contributed by atoms with Crippen LogP contribution in [0.4, 0.5) is 0 Å². The number of aryl methyl sites for hydroxylation is 1. The maximum Gasteiger partial charge on any atom is 0.109 e. The molecule has 2 nitrogen and oxygen atoms in total. The minimum absolute atomic E-state index is 0.296. The molecule has 0 bridgehead atoms. The van der Waals surface area contributed by atoms with E-state index in [2.05, 4.69) is 55.3 Å². The molecule has 3 heteroatoms. The van der Waals surface area contributed by atoms with E-state index in [4.69, 9.17) is 0 Å². The Hall–Kier alpha value is -1.19. The first-order valence-corrected chi connectivity index (χ1v) is 6.77. The fourth-order valence-electron chi connectivity index (χ4n) is 2.06. The number of rotatable bonds is 4. The van der Waals surface area contributed by atoms with Crippen LogP contribution in [0, 0.1) is 6.92 Å². The van der Waals surface area contributed by atoms with Gasteiger partial charge >= 0.3 is 0 Å². The molecular formula is C14H18N2S. The fraction of sp³-hybridized carbons (Fsp3) is 0.357. The van der Waals surface area contributed by atoms with Crippen molar-refractivity contribution in [2.45, 2.75) is 32.9 Å². The Morgan fingerprint density at radius 3 is 2.59 bits per heavy atom. The van der Waals surface area contributed by atoms with Crippen molar-refractivity contribution in [3.63, 3.8) is 0 Å². The monoisotopic (exact) mass is 246 g/mol. The SMILES string of the molecule is Cc1ccccc1[C@@H](C)NC(C)c1nccs1. The van der Waals surface area contributed by atoms with Crippen molar-refractivity contribution < 1.29 is 0 Å². The van der Waals surface area contributed by atoms with E-state index in [0.29, 0.717) is 12.1 Å². The zero-order chi connectivity index (χ0) is 12.3. The summed E-state index contributed by atoms with van der Waals surface area (Å²) in [5, 5.41) is 6.75. The van der Waals surface area contributed by atoms with E-state index in [1.165, 1.54) is 11.1 Å². The van der Waals surface area contributed by atoms with E-state index in [9.17, 15) is 0 Å². The molecule has 2 aromatic rings. The quantitative estimate of drug-likeness (QED) is 0.886. The van der Waals surface area contributed by atoms with E-state index >= 15 is 0 Å². The highest BCUT2D eigenvalue weighted by molar-refractivity contribution is 7.09. The summed E-state index contributed by atoms with van der Waals surface area (Å²) in [5.41, 5.74) is 2.69. The zero-order valence-electron chi connectivity index (χ0n) is 10.5. The minimum Gasteiger partial charge on any atom is -0.302 e. The topological polar surface area (TPSA) is 24.9 Å². The van der Waals surface area contributed by atoms with E-state index < -0.39 is 0 Å². The van der Waals surface area contributed by atoms with Gasteiger partial charge in [-0.15, -0.1) is 11.3 Å². The van der Waals surface area contributed by atoms with E-state index in [1.807, 2.05) is 11.6 Å². The highest BCUT2D eigenvalue weighted by Gasteiger charge is 2.13. The van der Waals surface area contributed by atoms with Crippen LogP contribution in [0.15, 0.2) is 35.8 Å². The van der Waals surface area contributed by atoms with Gasteiger partial charge < -0.3 is 5.32 Å². The van der Waals surface area contributed by atoms with Crippen LogP contribution in [-0.4, -0.2) is 4.98 Å². The Morgan fingerprint density at radius 2 is 1.94 bits per heavy atom. The standard InChI is InChI=1S/C14H18N2S/c1-10-6-4-5-7-13(10)11(2)16-12(3)14-15-8-9-17-14/h4-9,11-12,16H,1-3H3/t11-,12?/m1/s1. The summed E-state index contributed by atoms with van der Waals surface area (Å²) in [5.74, 6) is 0. The smallest absolute Gasteiger partial charge is 0.109 e. The molecule has 0 fully saturated rings. The van der Waals surface area contributed by atoms with Crippen molar-refractivity contribution >= 4 is 11.3 Å². The van der Waals surface area contributed by atoms with E-state index in [-0.39, 0.29) is 0 Å². The first-order valence-electron chi connectivity index (χ1n) is 5.89. The minimum atomic E-state index is 0.296. The van der Waals surface area contributed by atoms with Gasteiger partial charge in [-0.25, -0.2) is 4.98 Å². The van der Waals surface area contributed by atoms with Crippen molar-refractivity contribution in [2.75, 3.05) is 0 Å². The number of benzene rings is 1. The molecule has 1 heterocycles. The van der Waals surface area contributed by atoms with Crippen molar-refractivity contribution in [1.82, 2.24) is 10.3 Å². The number of nitrogens with zero attached hydrogens (tertiary/aromatic N) is 1. The van der Waals surface area contributed by atoms with Crippen molar-refractivity contribution in [2.24, 2.45) is 0 Å². The van der Waals surface area contributed by atoms with Crippen LogP contribution in [-0.2, 0) is 0 Å². The fourth-order valence-corrected chi connectivity index (χ4v) is 2.71. The maximum absolute atomic E-state index is 4.34. The van der Waals surface area contributed by atoms with Gasteiger partial charge in [0.15, 0.2) is 0 Å². The summed E-state index contributed by atoms with van der Waals surface area (Å²) in [6, 6.07) is 9.15. The number of aromatic nitrogens is 1. The first-order chi connectivity index (χ1) is 8.18. The lowest BCUT2D eigenvalue weighted by molar-refractivity contribution is 0.491. The van der Waals surface area contributed by atoms with Crippen LogP contribution >= 0.6 is 11.3 Å². The molecule has 17 heavy (non-hydrogen) atoms. The maximum atomic E-state index is 4.34. The predicted molar refractivity (Wildman–Crippen MR) is 73.3 cm³/mol. The lowest BCUT2D eigenvalue weighted by Gasteiger charge is -2.20. The summed E-state index contributed by atoms with van der Waals surface area (Å²) in [6.45, 7) is 6.52. The molecule has 1 N–H and O–H groups in total. The van der Waals surface area contributed by atoms with E-state index in [0.717, 1.165) is 5.01 Å². The largest absolute Gasteiger partial charge is 0.302 e. The molecule has 1 unspecified atom stereocenters. The molecule has 0 spiro atoms. The van der Waals surface area contributed by atoms with Gasteiger partial charge in [-0.1, -0.05) is 24.3 Å². The number of hydrogen-bond acceptors (Lipinski definition) is 3. The van der Waals surface area contributed by atoms with Crippen molar-refractivity contribution in [3.05, 3.63) is 52.0 Å². The molecule has 2 atom stereocenters. The highest BCUT2D eigenvalue weighted by atomic mass is 32.1. The molecule has 1 aromatic heterocycles. The average molecular weight is 246 g/mol. The molecule has 0 saturated carbocycles. The third-order valence-electron chi connectivity index (χ3n) is 2.98. The third kappa shape index (κ3) is 2.93. The Bertz CT molecular complexity index is 465. The Kier molecular flexibility index (Phi) is 3.92. The number of thiazole rings is 1. The van der Waals surface area contributed by atoms with Gasteiger partial charge in [0.25, 0.3) is 0 Å². The van der Waals surface area contributed by atoms with Crippen LogP contribution in [0.1, 0.15) is 42.1 Å². The second-order valence-corrected chi connectivity index (χ2v) is 5.26. The summed E-state index contributed by atoms with van der Waals surface area (Å²) in [6.07, 6.45) is 1.86. The molecule has 0 amide bonds. The van der Waals surface area contributed by atoms with Crippen molar-refractivity contribution in [3.8, 4) is 0 Å². The molecule has 0 radical (unpaired) electrons. The van der Waals surface area contributed by atoms with Gasteiger partial charge in [-0.2, -0.15) is 0 Å². The molecule has 0 aliphatic rings. The molecule has 0 aliphatic heterocycles. The van der Waals surface area contributed by atoms with Gasteiger partial charge in [-0.3, -0.25) is 0 Å². The molecular weight excluding hydrogens is 228 g/mol. The Labute approximate surface area is 107 Å². The van der Waals surface area contributed by atoms with Gasteiger partial charge in [0, 0.05) is 17.6 Å². The summed E-state index contributed by atoms with van der Waals surface area (Å²) >= 11 is 1.70. The molecule has 0 saturated heterocycles. The van der Waals surface area contributed by atoms with Gasteiger partial charge in [-0.05, 0) is 31.9 Å². The summed E-state index contributed by atoms with van der Waals surface area (Å²) in [4.78, 5) is 4.34. The van der Waals surface area contributed by atoms with Crippen LogP contribution in [0.25, 0.3) is 0 Å². The van der Waals surface area contributed by atoms with Crippen molar-refractivity contribution in [1.29, 1.82) is 0 Å². The molecule has 1 aromatic carbocycles. The first kappa shape index (κ1) is 12.3. The Balaban J connectivity index is 2.07. The molecule has 90 valence electrons. The highest BCUT2D eigenvalue weighted by Crippen LogP contribution is 2.22. The molecule has 2 rings (SSSR count). The second kappa shape index (κ2) is 5.43. The van der Waals surface area contributed by atoms with Crippen LogP contribution < -0.4 is 5.32 Å². The lowest BCUT2D eigenvalue weighted by atomic mass is 10.0.